The molecule has 1 fully saturated rings. The predicted octanol–water partition coefficient (Wildman–Crippen LogP) is 5.23. The number of morpholine rings is 1. The summed E-state index contributed by atoms with van der Waals surface area (Å²) in [6, 6.07) is 22.5. The van der Waals surface area contributed by atoms with Gasteiger partial charge in [-0.1, -0.05) is 30.3 Å². The lowest BCUT2D eigenvalue weighted by Crippen LogP contribution is -2.36. The number of nitrogens with zero attached hydrogens (tertiary/aromatic N) is 5. The molecule has 0 amide bonds. The Labute approximate surface area is 209 Å². The summed E-state index contributed by atoms with van der Waals surface area (Å²) in [4.78, 5) is 11.3. The summed E-state index contributed by atoms with van der Waals surface area (Å²) in [7, 11) is 0. The van der Waals surface area contributed by atoms with Gasteiger partial charge in [0.05, 0.1) is 26.0 Å². The highest BCUT2D eigenvalue weighted by atomic mass is 16.5. The lowest BCUT2D eigenvalue weighted by Gasteiger charge is -2.28. The molecule has 0 saturated carbocycles. The number of ether oxygens (including phenoxy) is 1. The Kier molecular flexibility index (Phi) is 6.16. The van der Waals surface area contributed by atoms with Gasteiger partial charge < -0.3 is 19.4 Å². The van der Waals surface area contributed by atoms with Gasteiger partial charge in [0.1, 0.15) is 11.5 Å². The summed E-state index contributed by atoms with van der Waals surface area (Å²) in [5.74, 6) is 1.41. The van der Waals surface area contributed by atoms with Gasteiger partial charge in [0.15, 0.2) is 12.2 Å². The van der Waals surface area contributed by atoms with E-state index in [9.17, 15) is 0 Å². The van der Waals surface area contributed by atoms with Crippen molar-refractivity contribution in [2.24, 2.45) is 0 Å². The number of oxazole rings is 1. The molecule has 3 aromatic heterocycles. The average molecular weight is 479 g/mol. The molecule has 1 aliphatic heterocycles. The number of anilines is 3. The van der Waals surface area contributed by atoms with Crippen LogP contribution in [0.5, 0.6) is 0 Å². The second kappa shape index (κ2) is 10.1. The fraction of sp³-hybridized carbons (Fsp3) is 0.179. The van der Waals surface area contributed by atoms with Crippen molar-refractivity contribution in [3.63, 3.8) is 0 Å². The molecule has 1 N–H and O–H groups in total. The zero-order valence-electron chi connectivity index (χ0n) is 19.7. The molecule has 6 rings (SSSR count). The fourth-order valence-corrected chi connectivity index (χ4v) is 4.36. The van der Waals surface area contributed by atoms with Crippen LogP contribution in [0.25, 0.3) is 22.6 Å². The quantitative estimate of drug-likeness (QED) is 0.343. The van der Waals surface area contributed by atoms with Crippen LogP contribution in [0.1, 0.15) is 5.56 Å². The predicted molar refractivity (Wildman–Crippen MR) is 139 cm³/mol. The Morgan fingerprint density at radius 1 is 0.889 bits per heavy atom. The van der Waals surface area contributed by atoms with Crippen molar-refractivity contribution in [3.8, 4) is 22.6 Å². The van der Waals surface area contributed by atoms with Gasteiger partial charge in [-0.3, -0.25) is 4.68 Å². The van der Waals surface area contributed by atoms with Gasteiger partial charge in [0, 0.05) is 48.0 Å². The molecule has 36 heavy (non-hydrogen) atoms. The zero-order valence-corrected chi connectivity index (χ0v) is 19.7. The minimum Gasteiger partial charge on any atom is -0.443 e. The van der Waals surface area contributed by atoms with E-state index in [0.717, 1.165) is 54.6 Å². The molecule has 5 aromatic rings. The third-order valence-electron chi connectivity index (χ3n) is 6.20. The second-order valence-electron chi connectivity index (χ2n) is 8.64. The third kappa shape index (κ3) is 4.85. The van der Waals surface area contributed by atoms with Crippen LogP contribution in [0.15, 0.2) is 96.1 Å². The number of benzene rings is 2. The molecule has 2 aromatic carbocycles. The summed E-state index contributed by atoms with van der Waals surface area (Å²) in [6.07, 6.45) is 7.05. The first kappa shape index (κ1) is 22.1. The summed E-state index contributed by atoms with van der Waals surface area (Å²) in [5, 5.41) is 7.91. The van der Waals surface area contributed by atoms with Crippen molar-refractivity contribution in [2.45, 2.75) is 6.54 Å². The third-order valence-corrected chi connectivity index (χ3v) is 6.20. The summed E-state index contributed by atoms with van der Waals surface area (Å²) < 4.78 is 13.2. The maximum Gasteiger partial charge on any atom is 0.182 e. The Hall–Kier alpha value is -4.43. The zero-order chi connectivity index (χ0) is 24.2. The van der Waals surface area contributed by atoms with Gasteiger partial charge in [0.25, 0.3) is 0 Å². The number of hydrogen-bond donors (Lipinski definition) is 1. The van der Waals surface area contributed by atoms with Crippen molar-refractivity contribution < 1.29 is 9.15 Å². The van der Waals surface area contributed by atoms with Crippen molar-refractivity contribution in [2.75, 3.05) is 36.5 Å². The van der Waals surface area contributed by atoms with Gasteiger partial charge in [-0.2, -0.15) is 5.10 Å². The molecule has 1 aliphatic rings. The molecule has 4 heterocycles. The van der Waals surface area contributed by atoms with Crippen molar-refractivity contribution >= 4 is 17.2 Å². The smallest absolute Gasteiger partial charge is 0.182 e. The van der Waals surface area contributed by atoms with E-state index in [1.165, 1.54) is 17.6 Å². The lowest BCUT2D eigenvalue weighted by atomic mass is 10.1. The minimum absolute atomic E-state index is 0.683. The van der Waals surface area contributed by atoms with E-state index >= 15 is 0 Å². The van der Waals surface area contributed by atoms with Crippen LogP contribution in [0.4, 0.5) is 17.2 Å². The fourth-order valence-electron chi connectivity index (χ4n) is 4.36. The summed E-state index contributed by atoms with van der Waals surface area (Å²) in [5.41, 5.74) is 5.90. The normalized spacial score (nSPS) is 13.6. The molecule has 180 valence electrons. The molecular formula is C28H26N6O2. The SMILES string of the molecule is c1ccc(Cn2cc(-c3ncoc3-c3ccnc(Nc4ccc(N5CCOCC5)cc4)c3)cn2)cc1. The lowest BCUT2D eigenvalue weighted by molar-refractivity contribution is 0.122. The molecule has 8 heteroatoms. The van der Waals surface area contributed by atoms with Crippen LogP contribution in [0.3, 0.4) is 0 Å². The Morgan fingerprint density at radius 3 is 2.56 bits per heavy atom. The molecular weight excluding hydrogens is 452 g/mol. The Morgan fingerprint density at radius 2 is 1.72 bits per heavy atom. The number of nitrogens with one attached hydrogen (secondary N) is 1. The van der Waals surface area contributed by atoms with E-state index in [-0.39, 0.29) is 0 Å². The van der Waals surface area contributed by atoms with E-state index in [2.05, 4.69) is 61.7 Å². The van der Waals surface area contributed by atoms with Gasteiger partial charge in [-0.05, 0) is 42.0 Å². The van der Waals surface area contributed by atoms with Crippen LogP contribution in [0.2, 0.25) is 0 Å². The van der Waals surface area contributed by atoms with Crippen molar-refractivity contribution in [1.82, 2.24) is 19.7 Å². The molecule has 0 spiro atoms. The average Bonchev–Trinajstić information content (AvgIpc) is 3.60. The van der Waals surface area contributed by atoms with Gasteiger partial charge >= 0.3 is 0 Å². The van der Waals surface area contributed by atoms with Gasteiger partial charge in [0.2, 0.25) is 0 Å². The van der Waals surface area contributed by atoms with Gasteiger partial charge in [-0.25, -0.2) is 9.97 Å². The highest BCUT2D eigenvalue weighted by Crippen LogP contribution is 2.32. The molecule has 0 bridgehead atoms. The monoisotopic (exact) mass is 478 g/mol. The molecule has 8 nitrogen and oxygen atoms in total. The first-order valence-corrected chi connectivity index (χ1v) is 12.0. The van der Waals surface area contributed by atoms with E-state index < -0.39 is 0 Å². The molecule has 0 aliphatic carbocycles. The van der Waals surface area contributed by atoms with Gasteiger partial charge in [-0.15, -0.1) is 0 Å². The van der Waals surface area contributed by atoms with Crippen LogP contribution in [-0.2, 0) is 11.3 Å². The standard InChI is InChI=1S/C28H26N6O2/c1-2-4-21(5-3-1)18-34-19-23(17-31-34)27-28(36-20-30-27)22-10-11-29-26(16-22)32-24-6-8-25(9-7-24)33-12-14-35-15-13-33/h1-11,16-17,19-20H,12-15,18H2,(H,29,32). The van der Waals surface area contributed by atoms with E-state index in [0.29, 0.717) is 12.3 Å². The Bertz CT molecular complexity index is 1420. The number of aromatic nitrogens is 4. The molecule has 0 radical (unpaired) electrons. The largest absolute Gasteiger partial charge is 0.443 e. The maximum atomic E-state index is 5.80. The van der Waals surface area contributed by atoms with Crippen LogP contribution < -0.4 is 10.2 Å². The van der Waals surface area contributed by atoms with E-state index in [1.807, 2.05) is 47.4 Å². The van der Waals surface area contributed by atoms with E-state index in [1.54, 1.807) is 6.20 Å². The highest BCUT2D eigenvalue weighted by Gasteiger charge is 2.16. The van der Waals surface area contributed by atoms with Crippen LogP contribution >= 0.6 is 0 Å². The first-order chi connectivity index (χ1) is 17.8. The first-order valence-electron chi connectivity index (χ1n) is 12.0. The van der Waals surface area contributed by atoms with Crippen molar-refractivity contribution in [3.05, 3.63) is 97.3 Å². The Balaban J connectivity index is 1.19. The number of hydrogen-bond acceptors (Lipinski definition) is 7. The molecule has 0 unspecified atom stereocenters. The highest BCUT2D eigenvalue weighted by molar-refractivity contribution is 5.77. The topological polar surface area (TPSA) is 81.2 Å². The molecule has 1 saturated heterocycles. The molecule has 0 atom stereocenters. The summed E-state index contributed by atoms with van der Waals surface area (Å²) >= 11 is 0. The minimum atomic E-state index is 0.683. The van der Waals surface area contributed by atoms with Crippen LogP contribution in [0, 0.1) is 0 Å². The number of pyridine rings is 1. The maximum absolute atomic E-state index is 5.80. The number of rotatable bonds is 7. The van der Waals surface area contributed by atoms with Crippen molar-refractivity contribution in [1.29, 1.82) is 0 Å². The summed E-state index contributed by atoms with van der Waals surface area (Å²) in [6.45, 7) is 4.08. The van der Waals surface area contributed by atoms with Crippen LogP contribution in [-0.4, -0.2) is 46.1 Å². The van der Waals surface area contributed by atoms with E-state index in [4.69, 9.17) is 9.15 Å². The second-order valence-corrected chi connectivity index (χ2v) is 8.64.